The molecule has 2 rings (SSSR count). The van der Waals surface area contributed by atoms with Gasteiger partial charge in [-0.15, -0.1) is 0 Å². The van der Waals surface area contributed by atoms with Gasteiger partial charge in [0.05, 0.1) is 12.2 Å². The number of rotatable bonds is 7. The molecule has 0 bridgehead atoms. The number of sulfone groups is 1. The van der Waals surface area contributed by atoms with Crippen molar-refractivity contribution in [1.29, 1.82) is 0 Å². The van der Waals surface area contributed by atoms with Gasteiger partial charge in [-0.3, -0.25) is 4.79 Å². The van der Waals surface area contributed by atoms with E-state index in [9.17, 15) is 13.2 Å². The van der Waals surface area contributed by atoms with Crippen LogP contribution in [-0.4, -0.2) is 51.9 Å². The molecule has 1 aliphatic rings. The van der Waals surface area contributed by atoms with Crippen molar-refractivity contribution in [1.82, 2.24) is 4.90 Å². The van der Waals surface area contributed by atoms with Crippen LogP contribution in [0.5, 0.6) is 0 Å². The van der Waals surface area contributed by atoms with Crippen molar-refractivity contribution >= 4 is 21.4 Å². The summed E-state index contributed by atoms with van der Waals surface area (Å²) in [5, 5.41) is 3.35. The highest BCUT2D eigenvalue weighted by molar-refractivity contribution is 7.90. The number of anilines is 1. The van der Waals surface area contributed by atoms with E-state index in [1.54, 1.807) is 19.0 Å². The highest BCUT2D eigenvalue weighted by Gasteiger charge is 2.45. The highest BCUT2D eigenvalue weighted by Crippen LogP contribution is 2.46. The molecule has 1 aliphatic carbocycles. The third-order valence-corrected chi connectivity index (χ3v) is 5.17. The lowest BCUT2D eigenvalue weighted by molar-refractivity contribution is -0.127. The molecular formula is C16H24N2O3S. The number of likely N-dealkylation sites (N-methyl/N-ethyl adjacent to an activating group) is 1. The summed E-state index contributed by atoms with van der Waals surface area (Å²) in [5.74, 6) is 0.276. The number of hydrogen-bond donors (Lipinski definition) is 1. The third-order valence-electron chi connectivity index (χ3n) is 4.04. The minimum Gasteiger partial charge on any atom is -0.384 e. The molecule has 6 heteroatoms. The standard InChI is InChI=1S/C16H24N2O3S/c1-18(2)15(19)10-13-6-4-5-7-14(13)17-11-16(8-9-16)12-22(3,20)21/h4-7,17H,8-12H2,1-3H3. The number of hydrogen-bond acceptors (Lipinski definition) is 4. The van der Waals surface area contributed by atoms with E-state index in [-0.39, 0.29) is 17.1 Å². The number of amides is 1. The van der Waals surface area contributed by atoms with Crippen LogP contribution < -0.4 is 5.32 Å². The summed E-state index contributed by atoms with van der Waals surface area (Å²) in [6.45, 7) is 0.632. The van der Waals surface area contributed by atoms with Crippen LogP contribution in [0.3, 0.4) is 0 Å². The second-order valence-corrected chi connectivity index (χ2v) is 8.69. The molecule has 1 N–H and O–H groups in total. The summed E-state index contributed by atoms with van der Waals surface area (Å²) >= 11 is 0. The first-order valence-corrected chi connectivity index (χ1v) is 9.47. The molecule has 0 radical (unpaired) electrons. The van der Waals surface area contributed by atoms with Gasteiger partial charge < -0.3 is 10.2 Å². The predicted molar refractivity (Wildman–Crippen MR) is 88.7 cm³/mol. The van der Waals surface area contributed by atoms with Crippen LogP contribution >= 0.6 is 0 Å². The van der Waals surface area contributed by atoms with Crippen molar-refractivity contribution in [3.05, 3.63) is 29.8 Å². The Morgan fingerprint density at radius 2 is 1.91 bits per heavy atom. The lowest BCUT2D eigenvalue weighted by Crippen LogP contribution is -2.26. The van der Waals surface area contributed by atoms with Gasteiger partial charge in [0.15, 0.2) is 0 Å². The van der Waals surface area contributed by atoms with E-state index in [1.807, 2.05) is 24.3 Å². The Bertz CT molecular complexity index is 649. The lowest BCUT2D eigenvalue weighted by Gasteiger charge is -2.18. The third kappa shape index (κ3) is 4.73. The first-order valence-electron chi connectivity index (χ1n) is 7.40. The fourth-order valence-electron chi connectivity index (χ4n) is 2.56. The Morgan fingerprint density at radius 3 is 2.45 bits per heavy atom. The van der Waals surface area contributed by atoms with Crippen LogP contribution in [0.15, 0.2) is 24.3 Å². The van der Waals surface area contributed by atoms with Gasteiger partial charge in [-0.1, -0.05) is 18.2 Å². The molecule has 1 fully saturated rings. The molecule has 0 aromatic heterocycles. The number of carbonyl (C=O) groups excluding carboxylic acids is 1. The summed E-state index contributed by atoms with van der Waals surface area (Å²) in [6.07, 6.45) is 3.50. The summed E-state index contributed by atoms with van der Waals surface area (Å²) in [4.78, 5) is 13.5. The van der Waals surface area contributed by atoms with Gasteiger partial charge in [-0.2, -0.15) is 0 Å². The molecular weight excluding hydrogens is 300 g/mol. The molecule has 0 heterocycles. The van der Waals surface area contributed by atoms with Gasteiger partial charge in [0.2, 0.25) is 5.91 Å². The molecule has 1 amide bonds. The molecule has 0 spiro atoms. The van der Waals surface area contributed by atoms with Crippen LogP contribution in [0, 0.1) is 5.41 Å². The quantitative estimate of drug-likeness (QED) is 0.826. The molecule has 1 aromatic carbocycles. The zero-order valence-electron chi connectivity index (χ0n) is 13.4. The van der Waals surface area contributed by atoms with Crippen LogP contribution in [0.2, 0.25) is 0 Å². The Balaban J connectivity index is 2.03. The van der Waals surface area contributed by atoms with Crippen molar-refractivity contribution in [2.24, 2.45) is 5.41 Å². The first-order chi connectivity index (χ1) is 10.2. The monoisotopic (exact) mass is 324 g/mol. The van der Waals surface area contributed by atoms with Gasteiger partial charge in [-0.05, 0) is 24.5 Å². The van der Waals surface area contributed by atoms with E-state index in [4.69, 9.17) is 0 Å². The highest BCUT2D eigenvalue weighted by atomic mass is 32.2. The topological polar surface area (TPSA) is 66.5 Å². The average molecular weight is 324 g/mol. The van der Waals surface area contributed by atoms with E-state index < -0.39 is 9.84 Å². The number of benzene rings is 1. The molecule has 5 nitrogen and oxygen atoms in total. The van der Waals surface area contributed by atoms with Crippen LogP contribution in [0.25, 0.3) is 0 Å². The van der Waals surface area contributed by atoms with E-state index in [0.717, 1.165) is 24.1 Å². The normalized spacial score (nSPS) is 16.1. The number of carbonyl (C=O) groups is 1. The molecule has 0 saturated heterocycles. The fourth-order valence-corrected chi connectivity index (χ4v) is 4.06. The minimum absolute atomic E-state index is 0.0477. The van der Waals surface area contributed by atoms with Crippen molar-refractivity contribution in [3.8, 4) is 0 Å². The summed E-state index contributed by atoms with van der Waals surface area (Å²) < 4.78 is 23.0. The minimum atomic E-state index is -2.96. The van der Waals surface area contributed by atoms with Gasteiger partial charge in [0.25, 0.3) is 0 Å². The van der Waals surface area contributed by atoms with Crippen molar-refractivity contribution < 1.29 is 13.2 Å². The van der Waals surface area contributed by atoms with Gasteiger partial charge in [0.1, 0.15) is 9.84 Å². The van der Waals surface area contributed by atoms with Crippen LogP contribution in [-0.2, 0) is 21.1 Å². The second-order valence-electron chi connectivity index (χ2n) is 6.55. The zero-order chi connectivity index (χ0) is 16.4. The van der Waals surface area contributed by atoms with E-state index in [0.29, 0.717) is 13.0 Å². The largest absolute Gasteiger partial charge is 0.384 e. The maximum absolute atomic E-state index is 11.9. The Labute approximate surface area is 132 Å². The first kappa shape index (κ1) is 16.8. The van der Waals surface area contributed by atoms with E-state index >= 15 is 0 Å². The molecule has 22 heavy (non-hydrogen) atoms. The van der Waals surface area contributed by atoms with Gasteiger partial charge in [-0.25, -0.2) is 8.42 Å². The number of nitrogens with one attached hydrogen (secondary N) is 1. The van der Waals surface area contributed by atoms with E-state index in [2.05, 4.69) is 5.32 Å². The maximum Gasteiger partial charge on any atom is 0.226 e. The molecule has 1 aromatic rings. The van der Waals surface area contributed by atoms with Gasteiger partial charge >= 0.3 is 0 Å². The smallest absolute Gasteiger partial charge is 0.226 e. The summed E-state index contributed by atoms with van der Waals surface area (Å²) in [5.41, 5.74) is 1.72. The Hall–Kier alpha value is -1.56. The van der Waals surface area contributed by atoms with Crippen LogP contribution in [0.4, 0.5) is 5.69 Å². The van der Waals surface area contributed by atoms with Crippen molar-refractivity contribution in [2.45, 2.75) is 19.3 Å². The lowest BCUT2D eigenvalue weighted by atomic mass is 10.1. The second kappa shape index (κ2) is 6.28. The summed E-state index contributed by atoms with van der Waals surface area (Å²) in [6, 6.07) is 7.70. The van der Waals surface area contributed by atoms with Crippen molar-refractivity contribution in [2.75, 3.05) is 38.0 Å². The molecule has 0 atom stereocenters. The summed E-state index contributed by atoms with van der Waals surface area (Å²) in [7, 11) is 0.515. The zero-order valence-corrected chi connectivity index (χ0v) is 14.2. The molecule has 122 valence electrons. The molecule has 0 aliphatic heterocycles. The molecule has 1 saturated carbocycles. The van der Waals surface area contributed by atoms with Crippen LogP contribution in [0.1, 0.15) is 18.4 Å². The molecule has 0 unspecified atom stereocenters. The Kier molecular flexibility index (Phi) is 4.80. The fraction of sp³-hybridized carbons (Fsp3) is 0.562. The van der Waals surface area contributed by atoms with Gasteiger partial charge in [0, 0.05) is 38.0 Å². The SMILES string of the molecule is CN(C)C(=O)Cc1ccccc1NCC1(CS(C)(=O)=O)CC1. The predicted octanol–water partition coefficient (Wildman–Crippen LogP) is 1.55. The number of nitrogens with zero attached hydrogens (tertiary/aromatic N) is 1. The number of para-hydroxylation sites is 1. The maximum atomic E-state index is 11.9. The average Bonchev–Trinajstić information content (AvgIpc) is 3.15. The van der Waals surface area contributed by atoms with E-state index in [1.165, 1.54) is 6.26 Å². The Morgan fingerprint density at radius 1 is 1.27 bits per heavy atom. The van der Waals surface area contributed by atoms with Crippen molar-refractivity contribution in [3.63, 3.8) is 0 Å².